The van der Waals surface area contributed by atoms with Crippen molar-refractivity contribution >= 4 is 18.0 Å². The lowest BCUT2D eigenvalue weighted by molar-refractivity contribution is 0.112. The Labute approximate surface area is 95.3 Å². The van der Waals surface area contributed by atoms with Gasteiger partial charge in [0.05, 0.1) is 0 Å². The minimum atomic E-state index is 0.722. The van der Waals surface area contributed by atoms with Gasteiger partial charge in [-0.1, -0.05) is 37.5 Å². The Morgan fingerprint density at radius 3 is 2.60 bits per heavy atom. The third-order valence-electron chi connectivity index (χ3n) is 2.89. The smallest absolute Gasteiger partial charge is 0.151 e. The van der Waals surface area contributed by atoms with Gasteiger partial charge >= 0.3 is 0 Å². The van der Waals surface area contributed by atoms with Gasteiger partial charge in [-0.15, -0.1) is 11.8 Å². The first kappa shape index (κ1) is 10.7. The first-order valence-corrected chi connectivity index (χ1v) is 6.49. The molecule has 15 heavy (non-hydrogen) atoms. The molecular weight excluding hydrogens is 204 g/mol. The number of rotatable bonds is 3. The van der Waals surface area contributed by atoms with Crippen LogP contribution in [0.5, 0.6) is 0 Å². The number of hydrogen-bond acceptors (Lipinski definition) is 2. The summed E-state index contributed by atoms with van der Waals surface area (Å²) in [6.07, 6.45) is 7.65. The van der Waals surface area contributed by atoms with Crippen molar-refractivity contribution in [1.29, 1.82) is 0 Å². The van der Waals surface area contributed by atoms with Crippen LogP contribution in [-0.4, -0.2) is 11.5 Å². The van der Waals surface area contributed by atoms with Crippen molar-refractivity contribution in [3.8, 4) is 0 Å². The second-order valence-electron chi connectivity index (χ2n) is 4.03. The van der Waals surface area contributed by atoms with Gasteiger partial charge in [0, 0.05) is 15.7 Å². The highest BCUT2D eigenvalue weighted by Crippen LogP contribution is 2.34. The van der Waals surface area contributed by atoms with Gasteiger partial charge in [-0.2, -0.15) is 0 Å². The zero-order valence-electron chi connectivity index (χ0n) is 8.82. The molecule has 1 nitrogen and oxygen atoms in total. The number of hydrogen-bond donors (Lipinski definition) is 0. The molecule has 0 radical (unpaired) electrons. The van der Waals surface area contributed by atoms with E-state index in [2.05, 4.69) is 6.07 Å². The SMILES string of the molecule is O=Cc1ccccc1SC1CCCCC1. The first-order valence-electron chi connectivity index (χ1n) is 5.61. The predicted molar refractivity (Wildman–Crippen MR) is 64.6 cm³/mol. The van der Waals surface area contributed by atoms with Gasteiger partial charge in [-0.25, -0.2) is 0 Å². The molecule has 0 atom stereocenters. The van der Waals surface area contributed by atoms with E-state index in [0.29, 0.717) is 0 Å². The van der Waals surface area contributed by atoms with Crippen LogP contribution in [0.25, 0.3) is 0 Å². The molecule has 0 bridgehead atoms. The number of benzene rings is 1. The molecule has 0 aromatic heterocycles. The molecule has 0 heterocycles. The maximum atomic E-state index is 10.9. The van der Waals surface area contributed by atoms with Crippen LogP contribution in [0, 0.1) is 0 Å². The maximum Gasteiger partial charge on any atom is 0.151 e. The molecule has 2 rings (SSSR count). The van der Waals surface area contributed by atoms with Crippen LogP contribution in [0.3, 0.4) is 0 Å². The van der Waals surface area contributed by atoms with Gasteiger partial charge in [0.2, 0.25) is 0 Å². The van der Waals surface area contributed by atoms with E-state index < -0.39 is 0 Å². The average Bonchev–Trinajstić information content (AvgIpc) is 2.31. The van der Waals surface area contributed by atoms with Crippen LogP contribution in [0.2, 0.25) is 0 Å². The molecule has 0 saturated heterocycles. The number of carbonyl (C=O) groups is 1. The van der Waals surface area contributed by atoms with Crippen molar-refractivity contribution in [3.05, 3.63) is 29.8 Å². The molecule has 1 saturated carbocycles. The first-order chi connectivity index (χ1) is 7.40. The molecule has 80 valence electrons. The number of thioether (sulfide) groups is 1. The summed E-state index contributed by atoms with van der Waals surface area (Å²) in [5, 5.41) is 0.722. The Hall–Kier alpha value is -0.760. The topological polar surface area (TPSA) is 17.1 Å². The van der Waals surface area contributed by atoms with E-state index in [0.717, 1.165) is 22.0 Å². The molecule has 1 aromatic rings. The fourth-order valence-electron chi connectivity index (χ4n) is 2.05. The van der Waals surface area contributed by atoms with Gasteiger partial charge in [-0.05, 0) is 18.9 Å². The Kier molecular flexibility index (Phi) is 3.84. The van der Waals surface area contributed by atoms with Crippen LogP contribution in [-0.2, 0) is 0 Å². The van der Waals surface area contributed by atoms with Crippen LogP contribution in [0.1, 0.15) is 42.5 Å². The average molecular weight is 220 g/mol. The Morgan fingerprint density at radius 1 is 1.13 bits per heavy atom. The fourth-order valence-corrected chi connectivity index (χ4v) is 3.39. The highest BCUT2D eigenvalue weighted by Gasteiger charge is 2.15. The van der Waals surface area contributed by atoms with Gasteiger partial charge in [0.1, 0.15) is 0 Å². The zero-order valence-corrected chi connectivity index (χ0v) is 9.63. The number of carbonyl (C=O) groups excluding carboxylic acids is 1. The van der Waals surface area contributed by atoms with Crippen LogP contribution >= 0.6 is 11.8 Å². The van der Waals surface area contributed by atoms with E-state index in [-0.39, 0.29) is 0 Å². The van der Waals surface area contributed by atoms with Crippen molar-refractivity contribution in [2.75, 3.05) is 0 Å². The highest BCUT2D eigenvalue weighted by molar-refractivity contribution is 8.00. The maximum absolute atomic E-state index is 10.9. The number of aldehydes is 1. The van der Waals surface area contributed by atoms with Crippen LogP contribution in [0.4, 0.5) is 0 Å². The lowest BCUT2D eigenvalue weighted by atomic mass is 10.0. The van der Waals surface area contributed by atoms with E-state index in [1.54, 1.807) is 0 Å². The predicted octanol–water partition coefficient (Wildman–Crippen LogP) is 3.92. The lowest BCUT2D eigenvalue weighted by Gasteiger charge is -2.21. The van der Waals surface area contributed by atoms with Crippen molar-refractivity contribution in [2.24, 2.45) is 0 Å². The van der Waals surface area contributed by atoms with Gasteiger partial charge in [0.25, 0.3) is 0 Å². The Morgan fingerprint density at radius 2 is 1.87 bits per heavy atom. The van der Waals surface area contributed by atoms with Gasteiger partial charge in [-0.3, -0.25) is 4.79 Å². The molecule has 0 unspecified atom stereocenters. The second-order valence-corrected chi connectivity index (χ2v) is 5.38. The minimum absolute atomic E-state index is 0.722. The molecule has 0 N–H and O–H groups in total. The normalized spacial score (nSPS) is 17.6. The summed E-state index contributed by atoms with van der Waals surface area (Å²) in [4.78, 5) is 12.0. The molecule has 0 amide bonds. The molecule has 1 fully saturated rings. The molecule has 0 aliphatic heterocycles. The van der Waals surface area contributed by atoms with E-state index in [1.165, 1.54) is 32.1 Å². The summed E-state index contributed by atoms with van der Waals surface area (Å²) in [5.74, 6) is 0. The van der Waals surface area contributed by atoms with E-state index >= 15 is 0 Å². The second kappa shape index (κ2) is 5.36. The summed E-state index contributed by atoms with van der Waals surface area (Å²) in [5.41, 5.74) is 0.841. The van der Waals surface area contributed by atoms with E-state index in [4.69, 9.17) is 0 Å². The van der Waals surface area contributed by atoms with E-state index in [9.17, 15) is 4.79 Å². The van der Waals surface area contributed by atoms with Crippen LogP contribution in [0.15, 0.2) is 29.2 Å². The summed E-state index contributed by atoms with van der Waals surface area (Å²) in [7, 11) is 0. The molecule has 1 aliphatic carbocycles. The Bertz CT molecular complexity index is 329. The monoisotopic (exact) mass is 220 g/mol. The lowest BCUT2D eigenvalue weighted by Crippen LogP contribution is -2.08. The molecule has 1 aromatic carbocycles. The molecule has 2 heteroatoms. The summed E-state index contributed by atoms with van der Waals surface area (Å²) in [6, 6.07) is 7.90. The Balaban J connectivity index is 2.05. The largest absolute Gasteiger partial charge is 0.298 e. The van der Waals surface area contributed by atoms with Crippen LogP contribution < -0.4 is 0 Å². The van der Waals surface area contributed by atoms with Gasteiger partial charge < -0.3 is 0 Å². The highest BCUT2D eigenvalue weighted by atomic mass is 32.2. The molecule has 1 aliphatic rings. The quantitative estimate of drug-likeness (QED) is 0.718. The molecular formula is C13H16OS. The zero-order chi connectivity index (χ0) is 10.5. The van der Waals surface area contributed by atoms with Crippen molar-refractivity contribution in [2.45, 2.75) is 42.2 Å². The summed E-state index contributed by atoms with van der Waals surface area (Å²) < 4.78 is 0. The summed E-state index contributed by atoms with van der Waals surface area (Å²) in [6.45, 7) is 0. The van der Waals surface area contributed by atoms with E-state index in [1.807, 2.05) is 30.0 Å². The standard InChI is InChI=1S/C13H16OS/c14-10-11-6-4-5-9-13(11)15-12-7-2-1-3-8-12/h4-6,9-10,12H,1-3,7-8H2. The third-order valence-corrected chi connectivity index (χ3v) is 4.32. The van der Waals surface area contributed by atoms with Crippen molar-refractivity contribution < 1.29 is 4.79 Å². The summed E-state index contributed by atoms with van der Waals surface area (Å²) >= 11 is 1.88. The third kappa shape index (κ3) is 2.85. The van der Waals surface area contributed by atoms with Crippen molar-refractivity contribution in [3.63, 3.8) is 0 Å². The fraction of sp³-hybridized carbons (Fsp3) is 0.462. The van der Waals surface area contributed by atoms with Crippen molar-refractivity contribution in [1.82, 2.24) is 0 Å². The minimum Gasteiger partial charge on any atom is -0.298 e. The van der Waals surface area contributed by atoms with Gasteiger partial charge in [0.15, 0.2) is 6.29 Å². The molecule has 0 spiro atoms.